The number of hydrogen-bond donors (Lipinski definition) is 0. The fourth-order valence-corrected chi connectivity index (χ4v) is 0.590. The standard InChI is InChI=1S/C8H12O7/c1-2-14-7(10)3-12-4-8(11)15-6-13-5-9/h5H,2-4,6H2,1H3. The average Bonchev–Trinajstić information content (AvgIpc) is 2.18. The predicted molar refractivity (Wildman–Crippen MR) is 45.6 cm³/mol. The summed E-state index contributed by atoms with van der Waals surface area (Å²) in [5.41, 5.74) is 0. The Morgan fingerprint density at radius 1 is 1.13 bits per heavy atom. The second-order valence-corrected chi connectivity index (χ2v) is 2.19. The highest BCUT2D eigenvalue weighted by Gasteiger charge is 2.06. The Kier molecular flexibility index (Phi) is 7.97. The summed E-state index contributed by atoms with van der Waals surface area (Å²) in [7, 11) is 0. The molecule has 0 aliphatic carbocycles. The van der Waals surface area contributed by atoms with Crippen LogP contribution in [0.3, 0.4) is 0 Å². The minimum Gasteiger partial charge on any atom is -0.464 e. The maximum Gasteiger partial charge on any atom is 0.334 e. The van der Waals surface area contributed by atoms with Gasteiger partial charge in [0.15, 0.2) is 0 Å². The van der Waals surface area contributed by atoms with Gasteiger partial charge in [-0.05, 0) is 6.92 Å². The van der Waals surface area contributed by atoms with Crippen LogP contribution in [-0.4, -0.2) is 45.0 Å². The van der Waals surface area contributed by atoms with E-state index in [9.17, 15) is 14.4 Å². The van der Waals surface area contributed by atoms with E-state index in [-0.39, 0.29) is 19.7 Å². The number of hydrogen-bond acceptors (Lipinski definition) is 7. The van der Waals surface area contributed by atoms with Crippen molar-refractivity contribution in [3.8, 4) is 0 Å². The Morgan fingerprint density at radius 3 is 2.27 bits per heavy atom. The van der Waals surface area contributed by atoms with Gasteiger partial charge in [-0.1, -0.05) is 0 Å². The Morgan fingerprint density at radius 2 is 1.73 bits per heavy atom. The molecule has 0 amide bonds. The first-order chi connectivity index (χ1) is 7.20. The molecule has 0 radical (unpaired) electrons. The quantitative estimate of drug-likeness (QED) is 0.230. The summed E-state index contributed by atoms with van der Waals surface area (Å²) in [5, 5.41) is 0. The monoisotopic (exact) mass is 220 g/mol. The summed E-state index contributed by atoms with van der Waals surface area (Å²) in [6.45, 7) is 0.860. The Balaban J connectivity index is 3.38. The van der Waals surface area contributed by atoms with Gasteiger partial charge in [-0.15, -0.1) is 0 Å². The zero-order valence-corrected chi connectivity index (χ0v) is 8.26. The molecule has 0 spiro atoms. The molecule has 0 bridgehead atoms. The zero-order chi connectivity index (χ0) is 11.5. The second kappa shape index (κ2) is 8.95. The second-order valence-electron chi connectivity index (χ2n) is 2.19. The summed E-state index contributed by atoms with van der Waals surface area (Å²) in [5.74, 6) is -1.30. The predicted octanol–water partition coefficient (Wildman–Crippen LogP) is -0.760. The number of carbonyl (C=O) groups is 3. The summed E-state index contributed by atoms with van der Waals surface area (Å²) in [6, 6.07) is 0. The van der Waals surface area contributed by atoms with Gasteiger partial charge in [-0.3, -0.25) is 4.79 Å². The van der Waals surface area contributed by atoms with E-state index in [4.69, 9.17) is 0 Å². The number of carbonyl (C=O) groups excluding carboxylic acids is 3. The van der Waals surface area contributed by atoms with Gasteiger partial charge in [-0.25, -0.2) is 9.59 Å². The molecule has 0 N–H and O–H groups in total. The summed E-state index contributed by atoms with van der Waals surface area (Å²) in [4.78, 5) is 31.1. The molecule has 0 aliphatic rings. The molecule has 0 rings (SSSR count). The van der Waals surface area contributed by atoms with E-state index in [1.165, 1.54) is 0 Å². The fourth-order valence-electron chi connectivity index (χ4n) is 0.590. The van der Waals surface area contributed by atoms with Crippen LogP contribution in [-0.2, 0) is 33.3 Å². The number of rotatable bonds is 8. The maximum absolute atomic E-state index is 10.8. The normalized spacial score (nSPS) is 9.13. The first-order valence-electron chi connectivity index (χ1n) is 4.15. The topological polar surface area (TPSA) is 88.1 Å². The minimum absolute atomic E-state index is 0.146. The van der Waals surface area contributed by atoms with Crippen molar-refractivity contribution in [2.75, 3.05) is 26.6 Å². The highest BCUT2D eigenvalue weighted by Crippen LogP contribution is 1.85. The SMILES string of the molecule is CCOC(=O)COCC(=O)OCOC=O. The first-order valence-corrected chi connectivity index (χ1v) is 4.15. The molecule has 0 unspecified atom stereocenters. The molecular formula is C8H12O7. The van der Waals surface area contributed by atoms with Crippen molar-refractivity contribution in [2.45, 2.75) is 6.92 Å². The molecular weight excluding hydrogens is 208 g/mol. The Bertz CT molecular complexity index is 213. The lowest BCUT2D eigenvalue weighted by atomic mass is 10.7. The van der Waals surface area contributed by atoms with Crippen LogP contribution in [0.4, 0.5) is 0 Å². The van der Waals surface area contributed by atoms with Gasteiger partial charge in [0.1, 0.15) is 13.2 Å². The Hall–Kier alpha value is -1.63. The molecule has 0 heterocycles. The van der Waals surface area contributed by atoms with E-state index >= 15 is 0 Å². The van der Waals surface area contributed by atoms with Crippen molar-refractivity contribution in [1.82, 2.24) is 0 Å². The molecule has 0 saturated carbocycles. The van der Waals surface area contributed by atoms with Crippen molar-refractivity contribution in [3.63, 3.8) is 0 Å². The molecule has 0 saturated heterocycles. The van der Waals surface area contributed by atoms with Crippen molar-refractivity contribution in [2.24, 2.45) is 0 Å². The van der Waals surface area contributed by atoms with Crippen LogP contribution in [0.15, 0.2) is 0 Å². The van der Waals surface area contributed by atoms with E-state index in [2.05, 4.69) is 18.9 Å². The van der Waals surface area contributed by atoms with E-state index in [1.807, 2.05) is 0 Å². The van der Waals surface area contributed by atoms with Crippen molar-refractivity contribution in [3.05, 3.63) is 0 Å². The van der Waals surface area contributed by atoms with Crippen LogP contribution in [0, 0.1) is 0 Å². The molecule has 0 aromatic rings. The van der Waals surface area contributed by atoms with E-state index in [0.29, 0.717) is 0 Å². The van der Waals surface area contributed by atoms with Gasteiger partial charge in [0.25, 0.3) is 6.47 Å². The molecule has 15 heavy (non-hydrogen) atoms. The third-order valence-electron chi connectivity index (χ3n) is 1.10. The van der Waals surface area contributed by atoms with Gasteiger partial charge in [0, 0.05) is 0 Å². The fraction of sp³-hybridized carbons (Fsp3) is 0.625. The van der Waals surface area contributed by atoms with Crippen molar-refractivity contribution >= 4 is 18.4 Å². The van der Waals surface area contributed by atoms with E-state index in [0.717, 1.165) is 0 Å². The summed E-state index contributed by atoms with van der Waals surface area (Å²) in [6.07, 6.45) is 0. The molecule has 7 heteroatoms. The van der Waals surface area contributed by atoms with Gasteiger partial charge < -0.3 is 18.9 Å². The zero-order valence-electron chi connectivity index (χ0n) is 8.26. The third kappa shape index (κ3) is 8.69. The van der Waals surface area contributed by atoms with Gasteiger partial charge in [-0.2, -0.15) is 0 Å². The average molecular weight is 220 g/mol. The lowest BCUT2D eigenvalue weighted by molar-refractivity contribution is -0.165. The van der Waals surface area contributed by atoms with Crippen LogP contribution in [0.1, 0.15) is 6.92 Å². The molecule has 86 valence electrons. The lowest BCUT2D eigenvalue weighted by Gasteiger charge is -2.04. The van der Waals surface area contributed by atoms with E-state index < -0.39 is 25.3 Å². The maximum atomic E-state index is 10.8. The number of ether oxygens (including phenoxy) is 4. The molecule has 0 fully saturated rings. The van der Waals surface area contributed by atoms with Crippen LogP contribution in [0.2, 0.25) is 0 Å². The molecule has 0 aromatic heterocycles. The largest absolute Gasteiger partial charge is 0.464 e. The summed E-state index contributed by atoms with van der Waals surface area (Å²) >= 11 is 0. The smallest absolute Gasteiger partial charge is 0.334 e. The van der Waals surface area contributed by atoms with Gasteiger partial charge in [0.2, 0.25) is 6.79 Å². The Labute approximate surface area is 86.2 Å². The van der Waals surface area contributed by atoms with Gasteiger partial charge >= 0.3 is 11.9 Å². The van der Waals surface area contributed by atoms with Gasteiger partial charge in [0.05, 0.1) is 6.61 Å². The highest BCUT2D eigenvalue weighted by molar-refractivity contribution is 5.73. The van der Waals surface area contributed by atoms with Crippen LogP contribution < -0.4 is 0 Å². The summed E-state index contributed by atoms with van der Waals surface area (Å²) < 4.78 is 17.6. The minimum atomic E-state index is -0.735. The van der Waals surface area contributed by atoms with Crippen LogP contribution >= 0.6 is 0 Å². The lowest BCUT2D eigenvalue weighted by Crippen LogP contribution is -2.19. The highest BCUT2D eigenvalue weighted by atomic mass is 16.7. The van der Waals surface area contributed by atoms with Crippen LogP contribution in [0.25, 0.3) is 0 Å². The van der Waals surface area contributed by atoms with E-state index in [1.54, 1.807) is 6.92 Å². The first kappa shape index (κ1) is 13.4. The molecule has 0 atom stereocenters. The van der Waals surface area contributed by atoms with Crippen molar-refractivity contribution < 1.29 is 33.3 Å². The number of esters is 2. The molecule has 0 aliphatic heterocycles. The molecule has 0 aromatic carbocycles. The van der Waals surface area contributed by atoms with Crippen LogP contribution in [0.5, 0.6) is 0 Å². The van der Waals surface area contributed by atoms with Crippen molar-refractivity contribution in [1.29, 1.82) is 0 Å². The third-order valence-corrected chi connectivity index (χ3v) is 1.10. The molecule has 7 nitrogen and oxygen atoms in total.